The number of hydrogen-bond donors (Lipinski definition) is 0. The number of aromatic nitrogens is 3. The molecule has 0 saturated carbocycles. The summed E-state index contributed by atoms with van der Waals surface area (Å²) in [6.07, 6.45) is 1.62. The van der Waals surface area contributed by atoms with Crippen LogP contribution in [0.15, 0.2) is 24.4 Å². The van der Waals surface area contributed by atoms with Crippen molar-refractivity contribution >= 4 is 29.4 Å². The average Bonchev–Trinajstić information content (AvgIpc) is 3.02. The van der Waals surface area contributed by atoms with Gasteiger partial charge in [0, 0.05) is 50.6 Å². The minimum absolute atomic E-state index is 0.142. The molecule has 1 amide bonds. The van der Waals surface area contributed by atoms with E-state index in [4.69, 9.17) is 11.6 Å². The van der Waals surface area contributed by atoms with Crippen molar-refractivity contribution in [1.29, 1.82) is 0 Å². The van der Waals surface area contributed by atoms with E-state index in [1.54, 1.807) is 15.7 Å². The number of anilines is 1. The molecule has 0 atom stereocenters. The predicted octanol–water partition coefficient (Wildman–Crippen LogP) is 4.42. The van der Waals surface area contributed by atoms with Gasteiger partial charge in [-0.3, -0.25) is 9.48 Å². The van der Waals surface area contributed by atoms with Gasteiger partial charge in [-0.25, -0.2) is 4.98 Å². The van der Waals surface area contributed by atoms with E-state index in [2.05, 4.69) is 17.0 Å². The van der Waals surface area contributed by atoms with Gasteiger partial charge in [0.05, 0.1) is 11.3 Å². The highest BCUT2D eigenvalue weighted by Gasteiger charge is 2.31. The summed E-state index contributed by atoms with van der Waals surface area (Å²) in [4.78, 5) is 20.1. The number of amides is 1. The molecule has 0 aliphatic carbocycles. The van der Waals surface area contributed by atoms with Crippen LogP contribution in [-0.2, 0) is 17.5 Å². The Bertz CT molecular complexity index is 932. The topological polar surface area (TPSA) is 54.3 Å². The standard InChI is InChI=1S/C21H25ClF3N5O/c1-3-4-9-30-20(22)17(15(2)27-30)6-8-19(31)29-12-10-28(11-13-29)18-7-5-16(14-26-18)21(23,24)25/h5-8,14H,3-4,9-13H2,1-2H3/b8-6+. The van der Waals surface area contributed by atoms with Gasteiger partial charge in [-0.2, -0.15) is 18.3 Å². The van der Waals surface area contributed by atoms with Crippen LogP contribution in [0.3, 0.4) is 0 Å². The van der Waals surface area contributed by atoms with E-state index >= 15 is 0 Å². The van der Waals surface area contributed by atoms with Gasteiger partial charge in [0.15, 0.2) is 0 Å². The fraction of sp³-hybridized carbons (Fsp3) is 0.476. The van der Waals surface area contributed by atoms with Gasteiger partial charge >= 0.3 is 6.18 Å². The van der Waals surface area contributed by atoms with Crippen molar-refractivity contribution in [1.82, 2.24) is 19.7 Å². The molecule has 6 nitrogen and oxygen atoms in total. The molecule has 3 heterocycles. The lowest BCUT2D eigenvalue weighted by Gasteiger charge is -2.35. The summed E-state index contributed by atoms with van der Waals surface area (Å²) in [7, 11) is 0. The number of unbranched alkanes of at least 4 members (excludes halogenated alkanes) is 1. The number of carbonyl (C=O) groups excluding carboxylic acids is 1. The van der Waals surface area contributed by atoms with Gasteiger partial charge in [-0.1, -0.05) is 24.9 Å². The monoisotopic (exact) mass is 455 g/mol. The Morgan fingerprint density at radius 2 is 1.94 bits per heavy atom. The van der Waals surface area contributed by atoms with E-state index < -0.39 is 11.7 Å². The Balaban J connectivity index is 1.58. The second-order valence-corrected chi connectivity index (χ2v) is 7.77. The van der Waals surface area contributed by atoms with Crippen LogP contribution < -0.4 is 4.90 Å². The van der Waals surface area contributed by atoms with Gasteiger partial charge in [-0.05, 0) is 31.6 Å². The van der Waals surface area contributed by atoms with E-state index in [9.17, 15) is 18.0 Å². The zero-order valence-electron chi connectivity index (χ0n) is 17.5. The lowest BCUT2D eigenvalue weighted by atomic mass is 10.2. The normalized spacial score (nSPS) is 15.2. The molecule has 1 aliphatic heterocycles. The van der Waals surface area contributed by atoms with E-state index in [0.29, 0.717) is 37.1 Å². The number of aryl methyl sites for hydroxylation is 2. The minimum atomic E-state index is -4.41. The molecule has 2 aromatic heterocycles. The quantitative estimate of drug-likeness (QED) is 0.605. The van der Waals surface area contributed by atoms with Gasteiger partial charge < -0.3 is 9.80 Å². The SMILES string of the molecule is CCCCn1nc(C)c(/C=C/C(=O)N2CCN(c3ccc(C(F)(F)F)cn3)CC2)c1Cl. The summed E-state index contributed by atoms with van der Waals surface area (Å²) in [6, 6.07) is 2.39. The molecule has 0 aromatic carbocycles. The zero-order valence-corrected chi connectivity index (χ0v) is 18.2. The first kappa shape index (κ1) is 23.1. The summed E-state index contributed by atoms with van der Waals surface area (Å²) < 4.78 is 39.8. The van der Waals surface area contributed by atoms with Crippen molar-refractivity contribution in [3.8, 4) is 0 Å². The predicted molar refractivity (Wildman–Crippen MR) is 114 cm³/mol. The van der Waals surface area contributed by atoms with Crippen LogP contribution in [0.5, 0.6) is 0 Å². The van der Waals surface area contributed by atoms with Crippen LogP contribution in [0, 0.1) is 6.92 Å². The van der Waals surface area contributed by atoms with Crippen LogP contribution in [0.2, 0.25) is 5.15 Å². The van der Waals surface area contributed by atoms with E-state index in [-0.39, 0.29) is 5.91 Å². The van der Waals surface area contributed by atoms with Crippen molar-refractivity contribution in [3.63, 3.8) is 0 Å². The molecule has 168 valence electrons. The lowest BCUT2D eigenvalue weighted by molar-refractivity contribution is -0.137. The largest absolute Gasteiger partial charge is 0.417 e. The number of nitrogens with zero attached hydrogens (tertiary/aromatic N) is 5. The van der Waals surface area contributed by atoms with Crippen molar-refractivity contribution < 1.29 is 18.0 Å². The van der Waals surface area contributed by atoms with E-state index in [1.165, 1.54) is 12.1 Å². The molecule has 1 saturated heterocycles. The van der Waals surface area contributed by atoms with E-state index in [0.717, 1.165) is 42.9 Å². The van der Waals surface area contributed by atoms with Crippen molar-refractivity contribution in [3.05, 3.63) is 46.4 Å². The molecule has 0 spiro atoms. The van der Waals surface area contributed by atoms with Gasteiger partial charge in [0.25, 0.3) is 0 Å². The van der Waals surface area contributed by atoms with Crippen molar-refractivity contribution in [2.75, 3.05) is 31.1 Å². The van der Waals surface area contributed by atoms with Gasteiger partial charge in [-0.15, -0.1) is 0 Å². The lowest BCUT2D eigenvalue weighted by Crippen LogP contribution is -2.48. The fourth-order valence-electron chi connectivity index (χ4n) is 3.37. The van der Waals surface area contributed by atoms with E-state index in [1.807, 2.05) is 11.8 Å². The second-order valence-electron chi connectivity index (χ2n) is 7.42. The molecule has 31 heavy (non-hydrogen) atoms. The molecular weight excluding hydrogens is 431 g/mol. The summed E-state index contributed by atoms with van der Waals surface area (Å²) in [5.74, 6) is 0.328. The molecular formula is C21H25ClF3N5O. The van der Waals surface area contributed by atoms with Crippen molar-refractivity contribution in [2.24, 2.45) is 0 Å². The van der Waals surface area contributed by atoms with Crippen LogP contribution in [0.4, 0.5) is 19.0 Å². The Hall–Kier alpha value is -2.55. The van der Waals surface area contributed by atoms with Gasteiger partial charge in [0.1, 0.15) is 11.0 Å². The Kier molecular flexibility index (Phi) is 7.25. The van der Waals surface area contributed by atoms with Crippen LogP contribution in [0.1, 0.15) is 36.6 Å². The third-order valence-corrected chi connectivity index (χ3v) is 5.61. The number of rotatable bonds is 6. The molecule has 0 bridgehead atoms. The number of pyridine rings is 1. The number of carbonyl (C=O) groups is 1. The first-order chi connectivity index (χ1) is 14.7. The number of halogens is 4. The number of piperazine rings is 1. The summed E-state index contributed by atoms with van der Waals surface area (Å²) >= 11 is 6.40. The second kappa shape index (κ2) is 9.72. The number of alkyl halides is 3. The Morgan fingerprint density at radius 1 is 1.23 bits per heavy atom. The fourth-order valence-corrected chi connectivity index (χ4v) is 3.69. The maximum Gasteiger partial charge on any atom is 0.417 e. The average molecular weight is 456 g/mol. The first-order valence-electron chi connectivity index (χ1n) is 10.2. The van der Waals surface area contributed by atoms with Crippen LogP contribution in [0.25, 0.3) is 6.08 Å². The molecule has 1 fully saturated rings. The first-order valence-corrected chi connectivity index (χ1v) is 10.6. The zero-order chi connectivity index (χ0) is 22.6. The Labute approximate surface area is 184 Å². The summed E-state index contributed by atoms with van der Waals surface area (Å²) in [5.41, 5.74) is 0.726. The maximum absolute atomic E-state index is 12.7. The highest BCUT2D eigenvalue weighted by Crippen LogP contribution is 2.29. The van der Waals surface area contributed by atoms with Crippen LogP contribution in [-0.4, -0.2) is 51.8 Å². The maximum atomic E-state index is 12.7. The van der Waals surface area contributed by atoms with Crippen LogP contribution >= 0.6 is 11.6 Å². The highest BCUT2D eigenvalue weighted by atomic mass is 35.5. The molecule has 2 aromatic rings. The third-order valence-electron chi connectivity index (χ3n) is 5.22. The molecule has 10 heteroatoms. The third kappa shape index (κ3) is 5.58. The smallest absolute Gasteiger partial charge is 0.353 e. The minimum Gasteiger partial charge on any atom is -0.353 e. The number of hydrogen-bond acceptors (Lipinski definition) is 4. The Morgan fingerprint density at radius 3 is 2.52 bits per heavy atom. The molecule has 0 N–H and O–H groups in total. The summed E-state index contributed by atoms with van der Waals surface area (Å²) in [5, 5.41) is 4.95. The summed E-state index contributed by atoms with van der Waals surface area (Å²) in [6.45, 7) is 6.57. The molecule has 1 aliphatic rings. The molecule has 0 radical (unpaired) electrons. The van der Waals surface area contributed by atoms with Gasteiger partial charge in [0.2, 0.25) is 5.91 Å². The molecule has 3 rings (SSSR count). The highest BCUT2D eigenvalue weighted by molar-refractivity contribution is 6.31. The van der Waals surface area contributed by atoms with Crippen molar-refractivity contribution in [2.45, 2.75) is 39.4 Å². The molecule has 0 unspecified atom stereocenters.